The molecule has 0 aliphatic heterocycles. The van der Waals surface area contributed by atoms with Crippen molar-refractivity contribution < 1.29 is 9.84 Å². The van der Waals surface area contributed by atoms with Crippen molar-refractivity contribution in [2.24, 2.45) is 10.2 Å². The number of azo groups is 1. The zero-order valence-corrected chi connectivity index (χ0v) is 18.8. The van der Waals surface area contributed by atoms with Crippen LogP contribution in [-0.4, -0.2) is 18.3 Å². The fourth-order valence-electron chi connectivity index (χ4n) is 2.25. The average molecular weight is 401 g/mol. The van der Waals surface area contributed by atoms with Gasteiger partial charge in [0.05, 0.1) is 18.0 Å². The molecule has 0 saturated heterocycles. The minimum atomic E-state index is 0.355. The summed E-state index contributed by atoms with van der Waals surface area (Å²) in [6, 6.07) is 17.2. The molecule has 0 aliphatic carbocycles. The Kier molecular flexibility index (Phi) is 19.0. The maximum atomic E-state index is 8.20. The summed E-state index contributed by atoms with van der Waals surface area (Å²) >= 11 is 0. The van der Waals surface area contributed by atoms with Gasteiger partial charge in [0.25, 0.3) is 0 Å². The highest BCUT2D eigenvalue weighted by Crippen LogP contribution is 2.20. The molecule has 1 N–H and O–H groups in total. The lowest BCUT2D eigenvalue weighted by Gasteiger charge is -2.01. The van der Waals surface area contributed by atoms with E-state index in [0.29, 0.717) is 13.2 Å². The summed E-state index contributed by atoms with van der Waals surface area (Å²) < 4.78 is 5.35. The monoisotopic (exact) mass is 400 g/mol. The topological polar surface area (TPSA) is 54.2 Å². The SMILES string of the molecule is CCCCCC.CCCCCO.CCOc1ccc(N=Nc2ccccc2)cc1. The van der Waals surface area contributed by atoms with E-state index >= 15 is 0 Å². The molecule has 2 aromatic carbocycles. The van der Waals surface area contributed by atoms with Crippen LogP contribution >= 0.6 is 0 Å². The Balaban J connectivity index is 0.000000542. The number of aliphatic hydroxyl groups is 1. The van der Waals surface area contributed by atoms with E-state index in [2.05, 4.69) is 31.0 Å². The molecule has 0 unspecified atom stereocenters. The fourth-order valence-corrected chi connectivity index (χ4v) is 2.25. The number of benzene rings is 2. The number of nitrogens with zero attached hydrogens (tertiary/aromatic N) is 2. The third-order valence-electron chi connectivity index (χ3n) is 3.90. The molecule has 0 spiro atoms. The Morgan fingerprint density at radius 1 is 0.655 bits per heavy atom. The minimum absolute atomic E-state index is 0.355. The molecule has 0 heterocycles. The minimum Gasteiger partial charge on any atom is -0.494 e. The van der Waals surface area contributed by atoms with Crippen molar-refractivity contribution in [3.8, 4) is 5.75 Å². The average Bonchev–Trinajstić information content (AvgIpc) is 2.77. The summed E-state index contributed by atoms with van der Waals surface area (Å²) in [5.74, 6) is 0.853. The van der Waals surface area contributed by atoms with E-state index in [1.807, 2.05) is 61.5 Å². The fraction of sp³-hybridized carbons (Fsp3) is 0.520. The molecule has 0 radical (unpaired) electrons. The Hall–Kier alpha value is -2.20. The number of hydrogen-bond donors (Lipinski definition) is 1. The van der Waals surface area contributed by atoms with Gasteiger partial charge in [0.2, 0.25) is 0 Å². The molecule has 4 nitrogen and oxygen atoms in total. The number of rotatable bonds is 10. The van der Waals surface area contributed by atoms with Crippen LogP contribution < -0.4 is 4.74 Å². The van der Waals surface area contributed by atoms with Crippen LogP contribution in [0, 0.1) is 0 Å². The van der Waals surface area contributed by atoms with E-state index in [-0.39, 0.29) is 0 Å². The van der Waals surface area contributed by atoms with Crippen LogP contribution in [0.3, 0.4) is 0 Å². The Morgan fingerprint density at radius 3 is 1.55 bits per heavy atom. The van der Waals surface area contributed by atoms with Gasteiger partial charge in [-0.25, -0.2) is 0 Å². The second kappa shape index (κ2) is 20.5. The van der Waals surface area contributed by atoms with Gasteiger partial charge in [-0.3, -0.25) is 0 Å². The summed E-state index contributed by atoms with van der Waals surface area (Å²) in [7, 11) is 0. The quantitative estimate of drug-likeness (QED) is 0.322. The number of aliphatic hydroxyl groups excluding tert-OH is 1. The molecular formula is C25H40N2O2. The second-order valence-corrected chi connectivity index (χ2v) is 6.60. The van der Waals surface area contributed by atoms with Crippen molar-refractivity contribution in [1.29, 1.82) is 0 Å². The van der Waals surface area contributed by atoms with E-state index in [1.54, 1.807) is 0 Å². The Bertz CT molecular complexity index is 582. The molecule has 29 heavy (non-hydrogen) atoms. The van der Waals surface area contributed by atoms with Crippen LogP contribution in [-0.2, 0) is 0 Å². The molecule has 162 valence electrons. The summed E-state index contributed by atoms with van der Waals surface area (Å²) in [6.45, 7) is 9.57. The van der Waals surface area contributed by atoms with Gasteiger partial charge >= 0.3 is 0 Å². The van der Waals surface area contributed by atoms with Crippen molar-refractivity contribution in [3.05, 3.63) is 54.6 Å². The highest BCUT2D eigenvalue weighted by molar-refractivity contribution is 5.42. The van der Waals surface area contributed by atoms with Crippen molar-refractivity contribution >= 4 is 11.4 Å². The molecule has 0 bridgehead atoms. The third-order valence-corrected chi connectivity index (χ3v) is 3.90. The second-order valence-electron chi connectivity index (χ2n) is 6.60. The first-order valence-electron chi connectivity index (χ1n) is 11.0. The normalized spacial score (nSPS) is 9.97. The van der Waals surface area contributed by atoms with Gasteiger partial charge in [-0.2, -0.15) is 10.2 Å². The van der Waals surface area contributed by atoms with E-state index in [9.17, 15) is 0 Å². The lowest BCUT2D eigenvalue weighted by atomic mass is 10.2. The van der Waals surface area contributed by atoms with Crippen molar-refractivity contribution in [1.82, 2.24) is 0 Å². The molecule has 0 saturated carbocycles. The maximum Gasteiger partial charge on any atom is 0.119 e. The van der Waals surface area contributed by atoms with Crippen LogP contribution in [0.2, 0.25) is 0 Å². The first kappa shape index (κ1) is 26.8. The number of unbranched alkanes of at least 4 members (excludes halogenated alkanes) is 5. The molecule has 0 aliphatic rings. The van der Waals surface area contributed by atoms with Gasteiger partial charge in [-0.15, -0.1) is 0 Å². The van der Waals surface area contributed by atoms with E-state index in [1.165, 1.54) is 32.1 Å². The van der Waals surface area contributed by atoms with Crippen molar-refractivity contribution in [2.45, 2.75) is 72.6 Å². The van der Waals surface area contributed by atoms with Gasteiger partial charge in [0.1, 0.15) is 5.75 Å². The standard InChI is InChI=1S/C14H14N2O.C6H14.C5H12O/c1-2-17-14-10-8-13(9-11-14)16-15-12-6-4-3-5-7-12;1-3-5-6-4-2;1-2-3-4-5-6/h3-11H,2H2,1H3;3-6H2,1-2H3;6H,2-5H2,1H3. The van der Waals surface area contributed by atoms with Gasteiger partial charge in [0.15, 0.2) is 0 Å². The zero-order valence-electron chi connectivity index (χ0n) is 18.8. The smallest absolute Gasteiger partial charge is 0.119 e. The predicted molar refractivity (Wildman–Crippen MR) is 125 cm³/mol. The molecule has 2 aromatic rings. The molecular weight excluding hydrogens is 360 g/mol. The largest absolute Gasteiger partial charge is 0.494 e. The summed E-state index contributed by atoms with van der Waals surface area (Å²) in [5.41, 5.74) is 1.67. The van der Waals surface area contributed by atoms with Gasteiger partial charge in [-0.1, -0.05) is 77.5 Å². The van der Waals surface area contributed by atoms with Gasteiger partial charge < -0.3 is 9.84 Å². The van der Waals surface area contributed by atoms with Gasteiger partial charge in [-0.05, 0) is 49.7 Å². The Morgan fingerprint density at radius 2 is 1.14 bits per heavy atom. The van der Waals surface area contributed by atoms with Crippen LogP contribution in [0.4, 0.5) is 11.4 Å². The van der Waals surface area contributed by atoms with Crippen LogP contribution in [0.5, 0.6) is 5.75 Å². The Labute approximate surface area is 178 Å². The first-order chi connectivity index (χ1) is 14.2. The zero-order chi connectivity index (χ0) is 21.6. The highest BCUT2D eigenvalue weighted by atomic mass is 16.5. The van der Waals surface area contributed by atoms with Crippen LogP contribution in [0.15, 0.2) is 64.8 Å². The lowest BCUT2D eigenvalue weighted by Crippen LogP contribution is -1.89. The molecule has 0 atom stereocenters. The molecule has 0 fully saturated rings. The number of hydrogen-bond acceptors (Lipinski definition) is 4. The summed E-state index contributed by atoms with van der Waals surface area (Å²) in [4.78, 5) is 0. The maximum absolute atomic E-state index is 8.20. The van der Waals surface area contributed by atoms with Gasteiger partial charge in [0, 0.05) is 6.61 Å². The van der Waals surface area contributed by atoms with E-state index in [0.717, 1.165) is 30.0 Å². The van der Waals surface area contributed by atoms with Crippen molar-refractivity contribution in [3.63, 3.8) is 0 Å². The molecule has 4 heteroatoms. The molecule has 0 aromatic heterocycles. The van der Waals surface area contributed by atoms with E-state index < -0.39 is 0 Å². The van der Waals surface area contributed by atoms with Crippen molar-refractivity contribution in [2.75, 3.05) is 13.2 Å². The number of ether oxygens (including phenoxy) is 1. The highest BCUT2D eigenvalue weighted by Gasteiger charge is 1.93. The third kappa shape index (κ3) is 16.5. The van der Waals surface area contributed by atoms with Crippen LogP contribution in [0.25, 0.3) is 0 Å². The summed E-state index contributed by atoms with van der Waals surface area (Å²) in [5, 5.41) is 16.5. The summed E-state index contributed by atoms with van der Waals surface area (Å²) in [6.07, 6.45) is 8.86. The predicted octanol–water partition coefficient (Wildman–Crippen LogP) is 8.26. The van der Waals surface area contributed by atoms with Crippen LogP contribution in [0.1, 0.15) is 72.6 Å². The van der Waals surface area contributed by atoms with E-state index in [4.69, 9.17) is 9.84 Å². The molecule has 2 rings (SSSR count). The lowest BCUT2D eigenvalue weighted by molar-refractivity contribution is 0.284. The molecule has 0 amide bonds. The first-order valence-corrected chi connectivity index (χ1v) is 11.0.